The fraction of sp³-hybridized carbons (Fsp3) is 0.500. The Morgan fingerprint density at radius 1 is 1.17 bits per heavy atom. The monoisotopic (exact) mass is 404 g/mol. The molecule has 29 heavy (non-hydrogen) atoms. The number of morpholine rings is 1. The number of amides is 2. The number of aliphatic carboxylic acids is 1. The van der Waals surface area contributed by atoms with Crippen molar-refractivity contribution in [1.29, 1.82) is 0 Å². The lowest BCUT2D eigenvalue weighted by molar-refractivity contribution is -0.177. The van der Waals surface area contributed by atoms with Crippen molar-refractivity contribution in [1.82, 2.24) is 4.90 Å². The zero-order chi connectivity index (χ0) is 21.1. The van der Waals surface area contributed by atoms with Crippen molar-refractivity contribution >= 4 is 29.4 Å². The quantitative estimate of drug-likeness (QED) is 0.728. The minimum absolute atomic E-state index is 0.0742. The molecule has 2 saturated heterocycles. The number of hydrogen-bond donors (Lipinski definition) is 1. The van der Waals surface area contributed by atoms with E-state index in [1.54, 1.807) is 23.1 Å². The minimum atomic E-state index is -1.74. The van der Waals surface area contributed by atoms with E-state index in [0.29, 0.717) is 24.3 Å². The van der Waals surface area contributed by atoms with Crippen LogP contribution >= 0.6 is 0 Å². The molecule has 2 heterocycles. The average molecular weight is 404 g/mol. The number of likely N-dealkylation sites (tertiary alicyclic amines) is 1. The molecule has 2 fully saturated rings. The van der Waals surface area contributed by atoms with Crippen LogP contribution in [0.3, 0.4) is 0 Å². The number of benzene rings is 1. The van der Waals surface area contributed by atoms with Gasteiger partial charge in [-0.05, 0) is 43.5 Å². The first-order valence-corrected chi connectivity index (χ1v) is 9.52. The molecule has 156 valence electrons. The summed E-state index contributed by atoms with van der Waals surface area (Å²) in [5, 5.41) is 9.35. The molecule has 9 heteroatoms. The molecular formula is C20H24N2O7. The number of rotatable bonds is 5. The van der Waals surface area contributed by atoms with Gasteiger partial charge in [-0.3, -0.25) is 14.4 Å². The van der Waals surface area contributed by atoms with E-state index in [0.717, 1.165) is 25.3 Å². The molecule has 0 spiro atoms. The van der Waals surface area contributed by atoms with Gasteiger partial charge in [0.25, 0.3) is 11.8 Å². The van der Waals surface area contributed by atoms with Gasteiger partial charge >= 0.3 is 11.9 Å². The molecule has 0 radical (unpaired) electrons. The second-order valence-corrected chi connectivity index (χ2v) is 7.21. The maximum absolute atomic E-state index is 13.0. The van der Waals surface area contributed by atoms with E-state index in [9.17, 15) is 24.3 Å². The molecule has 2 amide bonds. The van der Waals surface area contributed by atoms with Gasteiger partial charge in [0, 0.05) is 37.8 Å². The van der Waals surface area contributed by atoms with Crippen molar-refractivity contribution in [2.45, 2.75) is 38.9 Å². The number of carboxylic acid groups (broad SMARTS) is 1. The summed E-state index contributed by atoms with van der Waals surface area (Å²) < 4.78 is 10.1. The van der Waals surface area contributed by atoms with Gasteiger partial charge in [-0.2, -0.15) is 0 Å². The highest BCUT2D eigenvalue weighted by atomic mass is 16.6. The van der Waals surface area contributed by atoms with Crippen LogP contribution in [0.5, 0.6) is 0 Å². The predicted octanol–water partition coefficient (Wildman–Crippen LogP) is 0.979. The third-order valence-corrected chi connectivity index (χ3v) is 4.95. The van der Waals surface area contributed by atoms with Gasteiger partial charge in [0.15, 0.2) is 6.10 Å². The first-order chi connectivity index (χ1) is 13.8. The van der Waals surface area contributed by atoms with E-state index < -0.39 is 30.1 Å². The van der Waals surface area contributed by atoms with Crippen LogP contribution in [0.15, 0.2) is 18.2 Å². The first kappa shape index (κ1) is 20.8. The highest BCUT2D eigenvalue weighted by Crippen LogP contribution is 2.25. The van der Waals surface area contributed by atoms with E-state index in [4.69, 9.17) is 9.47 Å². The molecular weight excluding hydrogens is 380 g/mol. The fourth-order valence-electron chi connectivity index (χ4n) is 3.64. The van der Waals surface area contributed by atoms with E-state index in [1.165, 1.54) is 4.90 Å². The van der Waals surface area contributed by atoms with E-state index >= 15 is 0 Å². The minimum Gasteiger partial charge on any atom is -0.478 e. The number of hydrogen-bond acceptors (Lipinski definition) is 6. The lowest BCUT2D eigenvalue weighted by Gasteiger charge is -2.34. The molecule has 3 rings (SSSR count). The Kier molecular flexibility index (Phi) is 6.17. The molecule has 2 atom stereocenters. The van der Waals surface area contributed by atoms with Crippen LogP contribution in [0.2, 0.25) is 0 Å². The third kappa shape index (κ3) is 4.56. The van der Waals surface area contributed by atoms with Gasteiger partial charge in [-0.1, -0.05) is 0 Å². The van der Waals surface area contributed by atoms with Crippen LogP contribution in [0.25, 0.3) is 0 Å². The summed E-state index contributed by atoms with van der Waals surface area (Å²) in [7, 11) is 0. The van der Waals surface area contributed by atoms with Gasteiger partial charge in [-0.15, -0.1) is 0 Å². The lowest BCUT2D eigenvalue weighted by atomic mass is 10.1. The molecule has 2 aliphatic heterocycles. The number of carboxylic acids is 1. The number of esters is 1. The number of carbonyl (C=O) groups is 4. The first-order valence-electron chi connectivity index (χ1n) is 9.52. The fourth-order valence-corrected chi connectivity index (χ4v) is 3.64. The normalized spacial score (nSPS) is 20.5. The molecule has 0 bridgehead atoms. The zero-order valence-corrected chi connectivity index (χ0v) is 16.4. The van der Waals surface area contributed by atoms with Crippen LogP contribution in [0, 0.1) is 6.92 Å². The standard InChI is InChI=1S/C20H24N2O7/c1-12-9-14(18(24)21-5-3-4-6-21)11-15(10-12)22-7-8-28-16(19(22)25)17(20(26)27)29-13(2)23/h9-11,16-17H,3-8H2,1-2H3,(H,26,27)/t16-,17-/m1/s1. The summed E-state index contributed by atoms with van der Waals surface area (Å²) in [5.74, 6) is -3.00. The van der Waals surface area contributed by atoms with Gasteiger partial charge in [0.05, 0.1) is 6.61 Å². The Hall–Kier alpha value is -2.94. The second kappa shape index (κ2) is 8.60. The Morgan fingerprint density at radius 3 is 2.48 bits per heavy atom. The number of anilines is 1. The van der Waals surface area contributed by atoms with Crippen molar-refractivity contribution in [3.8, 4) is 0 Å². The summed E-state index contributed by atoms with van der Waals surface area (Å²) in [6.07, 6.45) is -1.25. The van der Waals surface area contributed by atoms with Crippen LogP contribution in [0.4, 0.5) is 5.69 Å². The van der Waals surface area contributed by atoms with Crippen LogP contribution < -0.4 is 4.90 Å². The van der Waals surface area contributed by atoms with E-state index in [-0.39, 0.29) is 19.1 Å². The van der Waals surface area contributed by atoms with Crippen molar-refractivity contribution in [2.24, 2.45) is 0 Å². The van der Waals surface area contributed by atoms with Gasteiger partial charge < -0.3 is 24.4 Å². The second-order valence-electron chi connectivity index (χ2n) is 7.21. The van der Waals surface area contributed by atoms with E-state index in [1.807, 2.05) is 6.92 Å². The van der Waals surface area contributed by atoms with Gasteiger partial charge in [-0.25, -0.2) is 4.79 Å². The highest BCUT2D eigenvalue weighted by Gasteiger charge is 2.42. The Labute approximate surface area is 168 Å². The molecule has 9 nitrogen and oxygen atoms in total. The number of ether oxygens (including phenoxy) is 2. The third-order valence-electron chi connectivity index (χ3n) is 4.95. The Bertz CT molecular complexity index is 832. The SMILES string of the molecule is CC(=O)O[C@@H](C(=O)O)[C@H]1OCCN(c2cc(C)cc(C(=O)N3CCCC3)c2)C1=O. The molecule has 1 aromatic carbocycles. The molecule has 0 aromatic heterocycles. The summed E-state index contributed by atoms with van der Waals surface area (Å²) in [6.45, 7) is 4.59. The van der Waals surface area contributed by atoms with Crippen molar-refractivity contribution in [2.75, 3.05) is 31.1 Å². The van der Waals surface area contributed by atoms with Gasteiger partial charge in [0.1, 0.15) is 0 Å². The van der Waals surface area contributed by atoms with E-state index in [2.05, 4.69) is 0 Å². The molecule has 1 N–H and O–H groups in total. The topological polar surface area (TPSA) is 113 Å². The summed E-state index contributed by atoms with van der Waals surface area (Å²) in [4.78, 5) is 51.6. The summed E-state index contributed by atoms with van der Waals surface area (Å²) >= 11 is 0. The van der Waals surface area contributed by atoms with Crippen LogP contribution in [0.1, 0.15) is 35.7 Å². The van der Waals surface area contributed by atoms with Gasteiger partial charge in [0.2, 0.25) is 6.10 Å². The van der Waals surface area contributed by atoms with Crippen molar-refractivity contribution < 1.29 is 33.8 Å². The maximum Gasteiger partial charge on any atom is 0.348 e. The lowest BCUT2D eigenvalue weighted by Crippen LogP contribution is -2.55. The largest absolute Gasteiger partial charge is 0.478 e. The molecule has 1 aromatic rings. The summed E-state index contributed by atoms with van der Waals surface area (Å²) in [5.41, 5.74) is 1.76. The Morgan fingerprint density at radius 2 is 1.86 bits per heavy atom. The summed E-state index contributed by atoms with van der Waals surface area (Å²) in [6, 6.07) is 5.16. The highest BCUT2D eigenvalue weighted by molar-refractivity contribution is 6.02. The average Bonchev–Trinajstić information content (AvgIpc) is 3.20. The predicted molar refractivity (Wildman–Crippen MR) is 102 cm³/mol. The smallest absolute Gasteiger partial charge is 0.348 e. The number of nitrogens with zero attached hydrogens (tertiary/aromatic N) is 2. The molecule has 0 saturated carbocycles. The number of carbonyl (C=O) groups excluding carboxylic acids is 3. The van der Waals surface area contributed by atoms with Crippen LogP contribution in [-0.2, 0) is 23.9 Å². The molecule has 2 aliphatic rings. The molecule has 0 aliphatic carbocycles. The van der Waals surface area contributed by atoms with Crippen molar-refractivity contribution in [3.63, 3.8) is 0 Å². The van der Waals surface area contributed by atoms with Crippen molar-refractivity contribution in [3.05, 3.63) is 29.3 Å². The van der Waals surface area contributed by atoms with Crippen LogP contribution in [-0.4, -0.2) is 72.2 Å². The maximum atomic E-state index is 13.0. The zero-order valence-electron chi connectivity index (χ0n) is 16.4. The number of aryl methyl sites for hydroxylation is 1. The Balaban J connectivity index is 1.87. The molecule has 0 unspecified atom stereocenters.